The predicted molar refractivity (Wildman–Crippen MR) is 50.0 cm³/mol. The van der Waals surface area contributed by atoms with E-state index in [0.717, 1.165) is 5.69 Å². The molecule has 1 aromatic rings. The fourth-order valence-electron chi connectivity index (χ4n) is 0.988. The van der Waals surface area contributed by atoms with Crippen molar-refractivity contribution in [1.29, 1.82) is 10.5 Å². The van der Waals surface area contributed by atoms with Crippen LogP contribution in [0.4, 0.5) is 5.69 Å². The van der Waals surface area contributed by atoms with Crippen LogP contribution in [0.5, 0.6) is 0 Å². The second kappa shape index (κ2) is 4.13. The van der Waals surface area contributed by atoms with Gasteiger partial charge in [-0.1, -0.05) is 0 Å². The quantitative estimate of drug-likeness (QED) is 0.634. The van der Waals surface area contributed by atoms with Crippen LogP contribution in [0.25, 0.3) is 0 Å². The molecule has 13 heavy (non-hydrogen) atoms. The van der Waals surface area contributed by atoms with Gasteiger partial charge in [-0.3, -0.25) is 0 Å². The van der Waals surface area contributed by atoms with Crippen molar-refractivity contribution in [2.24, 2.45) is 0 Å². The SMILES string of the molecule is CN(CC#N)c1ccc(C#N)cc1. The number of hydrogen-bond acceptors (Lipinski definition) is 3. The van der Waals surface area contributed by atoms with Gasteiger partial charge >= 0.3 is 0 Å². The number of nitrogens with zero attached hydrogens (tertiary/aromatic N) is 3. The lowest BCUT2D eigenvalue weighted by Gasteiger charge is -2.14. The smallest absolute Gasteiger partial charge is 0.105 e. The molecule has 0 aliphatic heterocycles. The summed E-state index contributed by atoms with van der Waals surface area (Å²) in [7, 11) is 1.84. The Labute approximate surface area is 77.4 Å². The molecular weight excluding hydrogens is 162 g/mol. The maximum Gasteiger partial charge on any atom is 0.105 e. The molecule has 0 fully saturated rings. The van der Waals surface area contributed by atoms with Gasteiger partial charge in [0.2, 0.25) is 0 Å². The van der Waals surface area contributed by atoms with Crippen LogP contribution in [0.1, 0.15) is 5.56 Å². The molecule has 3 heteroatoms. The topological polar surface area (TPSA) is 50.8 Å². The molecule has 1 aromatic carbocycles. The highest BCUT2D eigenvalue weighted by Crippen LogP contribution is 2.12. The molecule has 0 saturated heterocycles. The van der Waals surface area contributed by atoms with Crippen LogP contribution in [-0.2, 0) is 0 Å². The molecule has 1 rings (SSSR count). The molecule has 0 aromatic heterocycles. The van der Waals surface area contributed by atoms with E-state index in [2.05, 4.69) is 6.07 Å². The third-order valence-corrected chi connectivity index (χ3v) is 1.75. The summed E-state index contributed by atoms with van der Waals surface area (Å²) in [4.78, 5) is 1.82. The van der Waals surface area contributed by atoms with E-state index < -0.39 is 0 Å². The summed E-state index contributed by atoms with van der Waals surface area (Å²) in [5.74, 6) is 0. The normalized spacial score (nSPS) is 8.54. The van der Waals surface area contributed by atoms with Gasteiger partial charge in [0.1, 0.15) is 6.54 Å². The zero-order chi connectivity index (χ0) is 9.68. The van der Waals surface area contributed by atoms with Crippen molar-refractivity contribution in [3.8, 4) is 12.1 Å². The van der Waals surface area contributed by atoms with E-state index in [1.807, 2.05) is 30.1 Å². The highest BCUT2D eigenvalue weighted by atomic mass is 15.1. The molecule has 0 aliphatic rings. The lowest BCUT2D eigenvalue weighted by molar-refractivity contribution is 1.04. The molecule has 0 N–H and O–H groups in total. The summed E-state index contributed by atoms with van der Waals surface area (Å²) >= 11 is 0. The summed E-state index contributed by atoms with van der Waals surface area (Å²) in [6.07, 6.45) is 0. The van der Waals surface area contributed by atoms with E-state index in [1.54, 1.807) is 12.1 Å². The largest absolute Gasteiger partial charge is 0.361 e. The Hall–Kier alpha value is -2.00. The van der Waals surface area contributed by atoms with Crippen molar-refractivity contribution in [2.45, 2.75) is 0 Å². The third kappa shape index (κ3) is 2.21. The van der Waals surface area contributed by atoms with Crippen LogP contribution < -0.4 is 4.90 Å². The first-order valence-corrected chi connectivity index (χ1v) is 3.86. The van der Waals surface area contributed by atoms with Crippen LogP contribution in [0.3, 0.4) is 0 Å². The van der Waals surface area contributed by atoms with Crippen molar-refractivity contribution in [3.05, 3.63) is 29.8 Å². The van der Waals surface area contributed by atoms with E-state index in [-0.39, 0.29) is 0 Å². The molecule has 0 radical (unpaired) electrons. The van der Waals surface area contributed by atoms with Crippen LogP contribution >= 0.6 is 0 Å². The molecule has 0 heterocycles. The number of hydrogen-bond donors (Lipinski definition) is 0. The minimum absolute atomic E-state index is 0.353. The van der Waals surface area contributed by atoms with Gasteiger partial charge in [-0.25, -0.2) is 0 Å². The van der Waals surface area contributed by atoms with Gasteiger partial charge in [0.25, 0.3) is 0 Å². The van der Waals surface area contributed by atoms with Gasteiger partial charge in [0.05, 0.1) is 17.7 Å². The third-order valence-electron chi connectivity index (χ3n) is 1.75. The molecule has 0 unspecified atom stereocenters. The fraction of sp³-hybridized carbons (Fsp3) is 0.200. The van der Waals surface area contributed by atoms with Gasteiger partial charge < -0.3 is 4.90 Å². The molecule has 3 nitrogen and oxygen atoms in total. The van der Waals surface area contributed by atoms with Crippen LogP contribution in [-0.4, -0.2) is 13.6 Å². The zero-order valence-electron chi connectivity index (χ0n) is 7.36. The minimum atomic E-state index is 0.353. The average molecular weight is 171 g/mol. The Morgan fingerprint density at radius 1 is 1.23 bits per heavy atom. The maximum absolute atomic E-state index is 8.55. The summed E-state index contributed by atoms with van der Waals surface area (Å²) in [6, 6.07) is 11.2. The lowest BCUT2D eigenvalue weighted by atomic mass is 10.2. The molecule has 0 spiro atoms. The standard InChI is InChI=1S/C10H9N3/c1-13(7-6-11)10-4-2-9(8-12)3-5-10/h2-5H,7H2,1H3. The second-order valence-corrected chi connectivity index (χ2v) is 2.67. The van der Waals surface area contributed by atoms with E-state index in [0.29, 0.717) is 12.1 Å². The number of nitriles is 2. The molecule has 0 amide bonds. The van der Waals surface area contributed by atoms with Crippen LogP contribution in [0.15, 0.2) is 24.3 Å². The first-order chi connectivity index (χ1) is 6.27. The van der Waals surface area contributed by atoms with Gasteiger partial charge in [0, 0.05) is 12.7 Å². The van der Waals surface area contributed by atoms with Crippen molar-refractivity contribution in [2.75, 3.05) is 18.5 Å². The Morgan fingerprint density at radius 2 is 1.85 bits per heavy atom. The molecule has 0 saturated carbocycles. The lowest BCUT2D eigenvalue weighted by Crippen LogP contribution is -2.16. The zero-order valence-corrected chi connectivity index (χ0v) is 7.36. The predicted octanol–water partition coefficient (Wildman–Crippen LogP) is 1.52. The van der Waals surface area contributed by atoms with Crippen molar-refractivity contribution in [3.63, 3.8) is 0 Å². The molecule has 0 bridgehead atoms. The van der Waals surface area contributed by atoms with Crippen LogP contribution in [0, 0.1) is 22.7 Å². The van der Waals surface area contributed by atoms with E-state index >= 15 is 0 Å². The first-order valence-electron chi connectivity index (χ1n) is 3.86. The minimum Gasteiger partial charge on any atom is -0.361 e. The highest BCUT2D eigenvalue weighted by Gasteiger charge is 1.98. The Morgan fingerprint density at radius 3 is 2.31 bits per heavy atom. The van der Waals surface area contributed by atoms with Gasteiger partial charge in [-0.2, -0.15) is 10.5 Å². The summed E-state index contributed by atoms with van der Waals surface area (Å²) < 4.78 is 0. The summed E-state index contributed by atoms with van der Waals surface area (Å²) in [6.45, 7) is 0.353. The Bertz CT molecular complexity index is 353. The number of benzene rings is 1. The van der Waals surface area contributed by atoms with Gasteiger partial charge in [0.15, 0.2) is 0 Å². The monoisotopic (exact) mass is 171 g/mol. The van der Waals surface area contributed by atoms with Crippen molar-refractivity contribution in [1.82, 2.24) is 0 Å². The Balaban J connectivity index is 2.82. The molecular formula is C10H9N3. The average Bonchev–Trinajstić information content (AvgIpc) is 2.18. The van der Waals surface area contributed by atoms with E-state index in [4.69, 9.17) is 10.5 Å². The number of rotatable bonds is 2. The maximum atomic E-state index is 8.55. The molecule has 64 valence electrons. The molecule has 0 atom stereocenters. The van der Waals surface area contributed by atoms with Gasteiger partial charge in [-0.15, -0.1) is 0 Å². The molecule has 0 aliphatic carbocycles. The second-order valence-electron chi connectivity index (χ2n) is 2.67. The Kier molecular flexibility index (Phi) is 2.89. The number of anilines is 1. The van der Waals surface area contributed by atoms with E-state index in [9.17, 15) is 0 Å². The van der Waals surface area contributed by atoms with Crippen LogP contribution in [0.2, 0.25) is 0 Å². The van der Waals surface area contributed by atoms with Crippen molar-refractivity contribution < 1.29 is 0 Å². The van der Waals surface area contributed by atoms with Gasteiger partial charge in [-0.05, 0) is 24.3 Å². The van der Waals surface area contributed by atoms with E-state index in [1.165, 1.54) is 0 Å². The summed E-state index contributed by atoms with van der Waals surface area (Å²) in [5, 5.41) is 17.0. The fourth-order valence-corrected chi connectivity index (χ4v) is 0.988. The first kappa shape index (κ1) is 9.09. The summed E-state index contributed by atoms with van der Waals surface area (Å²) in [5.41, 5.74) is 1.58. The highest BCUT2D eigenvalue weighted by molar-refractivity contribution is 5.49. The van der Waals surface area contributed by atoms with Crippen molar-refractivity contribution >= 4 is 5.69 Å².